The zero-order chi connectivity index (χ0) is 19.2. The van der Waals surface area contributed by atoms with E-state index in [2.05, 4.69) is 21.6 Å². The smallest absolute Gasteiger partial charge is 0.247 e. The minimum absolute atomic E-state index is 0.0185. The number of sulfonamides is 1. The Balaban J connectivity index is 1.91. The first kappa shape index (κ1) is 20.0. The first-order valence-electron chi connectivity index (χ1n) is 8.21. The van der Waals surface area contributed by atoms with Crippen molar-refractivity contribution in [1.29, 1.82) is 0 Å². The number of rotatable bonds is 7. The van der Waals surface area contributed by atoms with Crippen molar-refractivity contribution in [1.82, 2.24) is 4.72 Å². The van der Waals surface area contributed by atoms with E-state index in [1.165, 1.54) is 30.3 Å². The Morgan fingerprint density at radius 1 is 1.38 bits per heavy atom. The molecule has 1 aromatic carbocycles. The van der Waals surface area contributed by atoms with Crippen LogP contribution in [0.25, 0.3) is 0 Å². The Morgan fingerprint density at radius 2 is 2.08 bits per heavy atom. The second kappa shape index (κ2) is 8.86. The molecule has 0 radical (unpaired) electrons. The van der Waals surface area contributed by atoms with Gasteiger partial charge in [-0.1, -0.05) is 13.5 Å². The normalized spacial score (nSPS) is 21.5. The van der Waals surface area contributed by atoms with Crippen LogP contribution in [-0.4, -0.2) is 39.3 Å². The lowest BCUT2D eigenvalue weighted by Crippen LogP contribution is -2.27. The molecule has 1 aromatic rings. The Kier molecular flexibility index (Phi) is 6.82. The minimum Gasteiger partial charge on any atom is -0.323 e. The van der Waals surface area contributed by atoms with Gasteiger partial charge >= 0.3 is 0 Å². The van der Waals surface area contributed by atoms with Crippen LogP contribution in [0.1, 0.15) is 13.3 Å². The summed E-state index contributed by atoms with van der Waals surface area (Å²) in [4.78, 5) is 15.6. The van der Waals surface area contributed by atoms with Crippen molar-refractivity contribution in [2.24, 2.45) is 10.9 Å². The molecule has 2 unspecified atom stereocenters. The van der Waals surface area contributed by atoms with Crippen molar-refractivity contribution in [2.45, 2.75) is 24.4 Å². The number of carbonyl (C=O) groups excluding carboxylic acids is 1. The van der Waals surface area contributed by atoms with Crippen LogP contribution >= 0.6 is 0 Å². The van der Waals surface area contributed by atoms with Crippen molar-refractivity contribution >= 4 is 27.3 Å². The molecule has 0 aromatic heterocycles. The highest BCUT2D eigenvalue weighted by molar-refractivity contribution is 7.89. The Hall–Kier alpha value is -2.32. The second-order valence-corrected chi connectivity index (χ2v) is 7.70. The molecule has 2 rings (SSSR count). The molecule has 0 aliphatic heterocycles. The number of benzene rings is 1. The van der Waals surface area contributed by atoms with Gasteiger partial charge in [-0.2, -0.15) is 0 Å². The predicted molar refractivity (Wildman–Crippen MR) is 101 cm³/mol. The molecule has 0 saturated carbocycles. The highest BCUT2D eigenvalue weighted by atomic mass is 32.2. The lowest BCUT2D eigenvalue weighted by Gasteiger charge is -2.18. The van der Waals surface area contributed by atoms with Crippen molar-refractivity contribution in [3.63, 3.8) is 0 Å². The van der Waals surface area contributed by atoms with Gasteiger partial charge in [0.2, 0.25) is 15.9 Å². The van der Waals surface area contributed by atoms with Gasteiger partial charge in [-0.25, -0.2) is 17.5 Å². The Labute approximate surface area is 153 Å². The highest BCUT2D eigenvalue weighted by Crippen LogP contribution is 2.18. The van der Waals surface area contributed by atoms with E-state index in [9.17, 15) is 17.6 Å². The van der Waals surface area contributed by atoms with Crippen molar-refractivity contribution < 1.29 is 17.6 Å². The SMILES string of the molecule is C=CC(=O)Nc1ccc(S(=O)(=O)NCCN=C2C=CC(F)CC2C)cc1. The maximum Gasteiger partial charge on any atom is 0.247 e. The van der Waals surface area contributed by atoms with Gasteiger partial charge in [0.25, 0.3) is 0 Å². The van der Waals surface area contributed by atoms with Gasteiger partial charge in [-0.05, 0) is 48.9 Å². The summed E-state index contributed by atoms with van der Waals surface area (Å²) in [5.41, 5.74) is 1.25. The maximum absolute atomic E-state index is 13.2. The molecule has 26 heavy (non-hydrogen) atoms. The number of anilines is 1. The number of hydrogen-bond donors (Lipinski definition) is 2. The first-order chi connectivity index (χ1) is 12.3. The molecule has 1 aliphatic rings. The quantitative estimate of drug-likeness (QED) is 0.563. The van der Waals surface area contributed by atoms with Crippen LogP contribution in [0.5, 0.6) is 0 Å². The Bertz CT molecular complexity index is 817. The van der Waals surface area contributed by atoms with Crippen molar-refractivity contribution in [3.8, 4) is 0 Å². The summed E-state index contributed by atoms with van der Waals surface area (Å²) >= 11 is 0. The second-order valence-electron chi connectivity index (χ2n) is 5.93. The number of hydrogen-bond acceptors (Lipinski definition) is 4. The molecule has 8 heteroatoms. The molecule has 0 bridgehead atoms. The van der Waals surface area contributed by atoms with E-state index in [1.54, 1.807) is 6.08 Å². The number of alkyl halides is 1. The molecule has 6 nitrogen and oxygen atoms in total. The third kappa shape index (κ3) is 5.60. The number of nitrogens with one attached hydrogen (secondary N) is 2. The van der Waals surface area contributed by atoms with E-state index >= 15 is 0 Å². The summed E-state index contributed by atoms with van der Waals surface area (Å²) in [6, 6.07) is 5.80. The number of aliphatic imine (C=N–C) groups is 1. The standard InChI is InChI=1S/C18H22FN3O3S/c1-3-18(23)22-15-5-7-16(8-6-15)26(24,25)21-11-10-20-17-9-4-14(19)12-13(17)2/h3-9,13-14,21H,1,10-12H2,2H3,(H,22,23). The Morgan fingerprint density at radius 3 is 2.69 bits per heavy atom. The first-order valence-corrected chi connectivity index (χ1v) is 9.70. The van der Waals surface area contributed by atoms with Crippen LogP contribution in [-0.2, 0) is 14.8 Å². The largest absolute Gasteiger partial charge is 0.323 e. The number of amides is 1. The number of carbonyl (C=O) groups is 1. The van der Waals surface area contributed by atoms with E-state index in [0.29, 0.717) is 12.1 Å². The molecule has 2 N–H and O–H groups in total. The van der Waals surface area contributed by atoms with Gasteiger partial charge in [-0.3, -0.25) is 9.79 Å². The number of halogens is 1. The fraction of sp³-hybridized carbons (Fsp3) is 0.333. The van der Waals surface area contributed by atoms with E-state index in [0.717, 1.165) is 11.8 Å². The molecular weight excluding hydrogens is 357 g/mol. The number of nitrogens with zero attached hydrogens (tertiary/aromatic N) is 1. The zero-order valence-corrected chi connectivity index (χ0v) is 15.3. The van der Waals surface area contributed by atoms with Gasteiger partial charge in [0, 0.05) is 23.9 Å². The summed E-state index contributed by atoms with van der Waals surface area (Å²) in [5.74, 6) is -0.354. The number of allylic oxidation sites excluding steroid dienone is 2. The highest BCUT2D eigenvalue weighted by Gasteiger charge is 2.18. The van der Waals surface area contributed by atoms with Crippen LogP contribution in [0.15, 0.2) is 59.0 Å². The lowest BCUT2D eigenvalue weighted by atomic mass is 9.93. The molecule has 140 valence electrons. The van der Waals surface area contributed by atoms with Crippen molar-refractivity contribution in [2.75, 3.05) is 18.4 Å². The average molecular weight is 379 g/mol. The van der Waals surface area contributed by atoms with Gasteiger partial charge in [0.15, 0.2) is 0 Å². The average Bonchev–Trinajstić information content (AvgIpc) is 2.60. The van der Waals surface area contributed by atoms with Gasteiger partial charge in [-0.15, -0.1) is 0 Å². The molecule has 0 spiro atoms. The topological polar surface area (TPSA) is 87.6 Å². The van der Waals surface area contributed by atoms with Crippen LogP contribution in [0.2, 0.25) is 0 Å². The van der Waals surface area contributed by atoms with Gasteiger partial charge in [0.1, 0.15) is 6.17 Å². The monoisotopic (exact) mass is 379 g/mol. The molecule has 0 fully saturated rings. The molecule has 0 heterocycles. The summed E-state index contributed by atoms with van der Waals surface area (Å²) in [6.07, 6.45) is 3.71. The molecular formula is C18H22FN3O3S. The van der Waals surface area contributed by atoms with E-state index < -0.39 is 16.2 Å². The van der Waals surface area contributed by atoms with E-state index in [4.69, 9.17) is 0 Å². The molecule has 2 atom stereocenters. The fourth-order valence-corrected chi connectivity index (χ4v) is 3.49. The lowest BCUT2D eigenvalue weighted by molar-refractivity contribution is -0.111. The molecule has 0 saturated heterocycles. The summed E-state index contributed by atoms with van der Waals surface area (Å²) in [6.45, 7) is 5.65. The van der Waals surface area contributed by atoms with Gasteiger partial charge in [0.05, 0.1) is 11.4 Å². The predicted octanol–water partition coefficient (Wildman–Crippen LogP) is 2.46. The van der Waals surface area contributed by atoms with Crippen LogP contribution < -0.4 is 10.0 Å². The third-order valence-corrected chi connectivity index (χ3v) is 5.35. The van der Waals surface area contributed by atoms with Crippen LogP contribution in [0, 0.1) is 5.92 Å². The minimum atomic E-state index is -3.67. The summed E-state index contributed by atoms with van der Waals surface area (Å²) in [5, 5.41) is 2.54. The van der Waals surface area contributed by atoms with Crippen LogP contribution in [0.3, 0.4) is 0 Å². The van der Waals surface area contributed by atoms with Gasteiger partial charge < -0.3 is 5.32 Å². The third-order valence-electron chi connectivity index (χ3n) is 3.88. The van der Waals surface area contributed by atoms with Crippen molar-refractivity contribution in [3.05, 3.63) is 49.1 Å². The molecule has 1 aliphatic carbocycles. The zero-order valence-electron chi connectivity index (χ0n) is 14.5. The summed E-state index contributed by atoms with van der Waals surface area (Å²) in [7, 11) is -3.67. The van der Waals surface area contributed by atoms with E-state index in [1.807, 2.05) is 6.92 Å². The molecule has 1 amide bonds. The van der Waals surface area contributed by atoms with E-state index in [-0.39, 0.29) is 29.8 Å². The van der Waals surface area contributed by atoms with Crippen LogP contribution in [0.4, 0.5) is 10.1 Å². The fourth-order valence-electron chi connectivity index (χ4n) is 2.47. The summed E-state index contributed by atoms with van der Waals surface area (Å²) < 4.78 is 40.2. The maximum atomic E-state index is 13.2.